The topological polar surface area (TPSA) is 33.1 Å². The molecule has 3 atom stereocenters. The number of aliphatic hydroxyl groups is 1. The maximum atomic E-state index is 13.4. The molecule has 2 nitrogen and oxygen atoms in total. The first-order valence-corrected chi connectivity index (χ1v) is 5.56. The lowest BCUT2D eigenvalue weighted by atomic mass is 10.0. The van der Waals surface area contributed by atoms with Crippen molar-refractivity contribution in [2.45, 2.75) is 25.4 Å². The Morgan fingerprint density at radius 1 is 1.40 bits per heavy atom. The van der Waals surface area contributed by atoms with Crippen LogP contribution >= 0.6 is 0 Å². The van der Waals surface area contributed by atoms with Crippen molar-refractivity contribution in [3.05, 3.63) is 29.8 Å². The Bertz CT molecular complexity index is 372. The molecule has 0 aromatic carbocycles. The lowest BCUT2D eigenvalue weighted by Gasteiger charge is -2.13. The highest BCUT2D eigenvalue weighted by Gasteiger charge is 2.56. The van der Waals surface area contributed by atoms with Crippen LogP contribution in [-0.2, 0) is 0 Å². The van der Waals surface area contributed by atoms with Crippen molar-refractivity contribution >= 4 is 0 Å². The molecular formula is C12H14FNO. The standard InChI is InChI=1S/C12H14FNO/c13-10-6-14-5-4-9(10)12(15)11-7-2-1-3-8(7)11/h4-8,11-12,15H,1-3H2. The van der Waals surface area contributed by atoms with E-state index in [0.29, 0.717) is 23.3 Å². The number of rotatable bonds is 2. The lowest BCUT2D eigenvalue weighted by Crippen LogP contribution is -2.06. The summed E-state index contributed by atoms with van der Waals surface area (Å²) in [6.45, 7) is 0. The van der Waals surface area contributed by atoms with Gasteiger partial charge in [-0.1, -0.05) is 6.42 Å². The van der Waals surface area contributed by atoms with Crippen LogP contribution in [0.3, 0.4) is 0 Å². The monoisotopic (exact) mass is 207 g/mol. The van der Waals surface area contributed by atoms with Gasteiger partial charge >= 0.3 is 0 Å². The highest BCUT2D eigenvalue weighted by molar-refractivity contribution is 5.20. The van der Waals surface area contributed by atoms with Crippen LogP contribution in [0.2, 0.25) is 0 Å². The largest absolute Gasteiger partial charge is 0.388 e. The van der Waals surface area contributed by atoms with Crippen molar-refractivity contribution in [3.63, 3.8) is 0 Å². The molecule has 2 aliphatic carbocycles. The fourth-order valence-electron chi connectivity index (χ4n) is 3.18. The first-order valence-electron chi connectivity index (χ1n) is 5.56. The van der Waals surface area contributed by atoms with Crippen LogP contribution in [0.4, 0.5) is 4.39 Å². The highest BCUT2D eigenvalue weighted by Crippen LogP contribution is 2.62. The molecule has 1 heterocycles. The smallest absolute Gasteiger partial charge is 0.147 e. The quantitative estimate of drug-likeness (QED) is 0.807. The van der Waals surface area contributed by atoms with Crippen LogP contribution in [0.1, 0.15) is 30.9 Å². The number of fused-ring (bicyclic) bond motifs is 1. The molecule has 0 bridgehead atoms. The summed E-state index contributed by atoms with van der Waals surface area (Å²) >= 11 is 0. The van der Waals surface area contributed by atoms with E-state index in [1.165, 1.54) is 25.5 Å². The SMILES string of the molecule is OC(c1ccncc1F)C1C2CCCC21. The predicted molar refractivity (Wildman–Crippen MR) is 53.5 cm³/mol. The average Bonchev–Trinajstić information content (AvgIpc) is 2.72. The Morgan fingerprint density at radius 2 is 2.13 bits per heavy atom. The molecule has 3 unspecified atom stereocenters. The highest BCUT2D eigenvalue weighted by atomic mass is 19.1. The van der Waals surface area contributed by atoms with Gasteiger partial charge in [-0.3, -0.25) is 4.98 Å². The molecule has 15 heavy (non-hydrogen) atoms. The number of nitrogens with zero attached hydrogens (tertiary/aromatic N) is 1. The molecular weight excluding hydrogens is 193 g/mol. The van der Waals surface area contributed by atoms with Crippen LogP contribution < -0.4 is 0 Å². The maximum absolute atomic E-state index is 13.4. The Labute approximate surface area is 88.2 Å². The fraction of sp³-hybridized carbons (Fsp3) is 0.583. The summed E-state index contributed by atoms with van der Waals surface area (Å²) in [5.74, 6) is 1.21. The molecule has 3 heteroatoms. The second-order valence-electron chi connectivity index (χ2n) is 4.68. The summed E-state index contributed by atoms with van der Waals surface area (Å²) < 4.78 is 13.4. The first kappa shape index (κ1) is 9.28. The summed E-state index contributed by atoms with van der Waals surface area (Å²) in [7, 11) is 0. The van der Waals surface area contributed by atoms with Crippen LogP contribution in [-0.4, -0.2) is 10.1 Å². The summed E-state index contributed by atoms with van der Waals surface area (Å²) in [5, 5.41) is 10.1. The lowest BCUT2D eigenvalue weighted by molar-refractivity contribution is 0.133. The minimum atomic E-state index is -0.622. The molecule has 1 N–H and O–H groups in total. The third kappa shape index (κ3) is 1.37. The second kappa shape index (κ2) is 3.27. The van der Waals surface area contributed by atoms with Crippen molar-refractivity contribution in [3.8, 4) is 0 Å². The van der Waals surface area contributed by atoms with Gasteiger partial charge in [-0.15, -0.1) is 0 Å². The summed E-state index contributed by atoms with van der Waals surface area (Å²) in [6, 6.07) is 1.59. The van der Waals surface area contributed by atoms with Crippen LogP contribution in [0.25, 0.3) is 0 Å². The molecule has 2 saturated carbocycles. The van der Waals surface area contributed by atoms with Gasteiger partial charge in [0.25, 0.3) is 0 Å². The summed E-state index contributed by atoms with van der Waals surface area (Å²) in [6.07, 6.45) is 5.79. The van der Waals surface area contributed by atoms with E-state index < -0.39 is 6.10 Å². The van der Waals surface area contributed by atoms with Gasteiger partial charge in [0.1, 0.15) is 5.82 Å². The minimum Gasteiger partial charge on any atom is -0.388 e. The van der Waals surface area contributed by atoms with Crippen molar-refractivity contribution in [2.24, 2.45) is 17.8 Å². The predicted octanol–water partition coefficient (Wildman–Crippen LogP) is 2.30. The molecule has 0 saturated heterocycles. The number of hydrogen-bond acceptors (Lipinski definition) is 2. The number of pyridine rings is 1. The first-order chi connectivity index (χ1) is 7.29. The molecule has 0 spiro atoms. The molecule has 3 rings (SSSR count). The van der Waals surface area contributed by atoms with E-state index in [-0.39, 0.29) is 5.82 Å². The van der Waals surface area contributed by atoms with Crippen molar-refractivity contribution < 1.29 is 9.50 Å². The van der Waals surface area contributed by atoms with E-state index >= 15 is 0 Å². The molecule has 1 aromatic heterocycles. The van der Waals surface area contributed by atoms with Gasteiger partial charge < -0.3 is 5.11 Å². The molecule has 0 radical (unpaired) electrons. The maximum Gasteiger partial charge on any atom is 0.147 e. The summed E-state index contributed by atoms with van der Waals surface area (Å²) in [4.78, 5) is 3.69. The van der Waals surface area contributed by atoms with Gasteiger partial charge in [0.15, 0.2) is 0 Å². The van der Waals surface area contributed by atoms with Gasteiger partial charge in [-0.25, -0.2) is 4.39 Å². The van der Waals surface area contributed by atoms with Crippen molar-refractivity contribution in [1.82, 2.24) is 4.98 Å². The van der Waals surface area contributed by atoms with E-state index in [9.17, 15) is 9.50 Å². The second-order valence-corrected chi connectivity index (χ2v) is 4.68. The third-order valence-electron chi connectivity index (χ3n) is 3.96. The Hall–Kier alpha value is -0.960. The van der Waals surface area contributed by atoms with E-state index in [1.807, 2.05) is 0 Å². The summed E-state index contributed by atoms with van der Waals surface area (Å²) in [5.41, 5.74) is 0.421. The number of aliphatic hydroxyl groups excluding tert-OH is 1. The molecule has 2 aliphatic rings. The van der Waals surface area contributed by atoms with Gasteiger partial charge in [0.2, 0.25) is 0 Å². The minimum absolute atomic E-state index is 0.302. The van der Waals surface area contributed by atoms with Crippen LogP contribution in [0, 0.1) is 23.6 Å². The van der Waals surface area contributed by atoms with Gasteiger partial charge in [-0.05, 0) is 36.7 Å². The van der Waals surface area contributed by atoms with E-state index in [0.717, 1.165) is 0 Å². The van der Waals surface area contributed by atoms with E-state index in [1.54, 1.807) is 12.3 Å². The fourth-order valence-corrected chi connectivity index (χ4v) is 3.18. The normalized spacial score (nSPS) is 34.9. The molecule has 2 fully saturated rings. The van der Waals surface area contributed by atoms with E-state index in [2.05, 4.69) is 4.98 Å². The average molecular weight is 207 g/mol. The molecule has 80 valence electrons. The van der Waals surface area contributed by atoms with Gasteiger partial charge in [0.05, 0.1) is 12.3 Å². The zero-order valence-corrected chi connectivity index (χ0v) is 8.44. The zero-order chi connectivity index (χ0) is 10.4. The Balaban J connectivity index is 1.81. The van der Waals surface area contributed by atoms with Gasteiger partial charge in [0, 0.05) is 11.8 Å². The van der Waals surface area contributed by atoms with Gasteiger partial charge in [-0.2, -0.15) is 0 Å². The number of halogens is 1. The van der Waals surface area contributed by atoms with Crippen LogP contribution in [0.15, 0.2) is 18.5 Å². The van der Waals surface area contributed by atoms with Crippen LogP contribution in [0.5, 0.6) is 0 Å². The Kier molecular flexibility index (Phi) is 2.02. The third-order valence-corrected chi connectivity index (χ3v) is 3.96. The number of hydrogen-bond donors (Lipinski definition) is 1. The van der Waals surface area contributed by atoms with Crippen molar-refractivity contribution in [2.75, 3.05) is 0 Å². The zero-order valence-electron chi connectivity index (χ0n) is 8.44. The molecule has 1 aromatic rings. The van der Waals surface area contributed by atoms with Crippen molar-refractivity contribution in [1.29, 1.82) is 0 Å². The number of aromatic nitrogens is 1. The molecule has 0 aliphatic heterocycles. The Morgan fingerprint density at radius 3 is 2.80 bits per heavy atom. The van der Waals surface area contributed by atoms with E-state index in [4.69, 9.17) is 0 Å². The molecule has 0 amide bonds.